The molecule has 2 aromatic rings. The quantitative estimate of drug-likeness (QED) is 0.582. The highest BCUT2D eigenvalue weighted by atomic mass is 32.1. The van der Waals surface area contributed by atoms with Crippen molar-refractivity contribution in [3.8, 4) is 0 Å². The Labute approximate surface area is 69.7 Å². The molecule has 0 N–H and O–H groups in total. The number of hydrogen-bond donors (Lipinski definition) is 0. The van der Waals surface area contributed by atoms with Gasteiger partial charge < -0.3 is 0 Å². The molecule has 0 saturated heterocycles. The van der Waals surface area contributed by atoms with Crippen LogP contribution in [-0.2, 0) is 0 Å². The summed E-state index contributed by atoms with van der Waals surface area (Å²) >= 11 is 1.76. The second-order valence-electron chi connectivity index (χ2n) is 2.69. The van der Waals surface area contributed by atoms with E-state index in [9.17, 15) is 0 Å². The monoisotopic (exact) mass is 163 g/mol. The molecule has 0 radical (unpaired) electrons. The van der Waals surface area contributed by atoms with Crippen molar-refractivity contribution >= 4 is 21.4 Å². The van der Waals surface area contributed by atoms with Crippen molar-refractivity contribution in [1.29, 1.82) is 0 Å². The molecule has 0 aromatic carbocycles. The zero-order valence-corrected chi connectivity index (χ0v) is 7.40. The van der Waals surface area contributed by atoms with Crippen LogP contribution in [0.2, 0.25) is 0 Å². The van der Waals surface area contributed by atoms with Gasteiger partial charge in [-0.15, -0.1) is 11.3 Å². The maximum Gasteiger partial charge on any atom is 0.0555 e. The molecule has 0 aliphatic rings. The Bertz CT molecular complexity index is 389. The number of pyridine rings is 1. The average molecular weight is 163 g/mol. The number of thiophene rings is 1. The summed E-state index contributed by atoms with van der Waals surface area (Å²) in [5, 5.41) is 3.43. The van der Waals surface area contributed by atoms with Crippen LogP contribution < -0.4 is 0 Å². The molecule has 0 saturated carbocycles. The topological polar surface area (TPSA) is 12.9 Å². The van der Waals surface area contributed by atoms with Crippen LogP contribution >= 0.6 is 11.3 Å². The maximum absolute atomic E-state index is 4.38. The summed E-state index contributed by atoms with van der Waals surface area (Å²) in [6.45, 7) is 4.09. The van der Waals surface area contributed by atoms with E-state index in [1.165, 1.54) is 10.1 Å². The first kappa shape index (κ1) is 6.80. The van der Waals surface area contributed by atoms with Crippen LogP contribution in [0.15, 0.2) is 17.5 Å². The first-order chi connectivity index (χ1) is 5.27. The average Bonchev–Trinajstić information content (AvgIpc) is 2.34. The van der Waals surface area contributed by atoms with E-state index in [0.29, 0.717) is 0 Å². The van der Waals surface area contributed by atoms with E-state index in [1.807, 2.05) is 6.92 Å². The molecule has 0 amide bonds. The zero-order valence-electron chi connectivity index (χ0n) is 6.59. The minimum atomic E-state index is 1.11. The predicted molar refractivity (Wildman–Crippen MR) is 49.1 cm³/mol. The number of aromatic nitrogens is 1. The molecular formula is C9H9NS. The van der Waals surface area contributed by atoms with Crippen molar-refractivity contribution in [2.75, 3.05) is 0 Å². The molecule has 0 aliphatic carbocycles. The highest BCUT2D eigenvalue weighted by Crippen LogP contribution is 2.23. The first-order valence-corrected chi connectivity index (χ1v) is 4.47. The SMILES string of the molecule is Cc1cc2ccsc2c(C)n1. The Morgan fingerprint density at radius 3 is 3.00 bits per heavy atom. The van der Waals surface area contributed by atoms with Crippen LogP contribution in [0.25, 0.3) is 10.1 Å². The minimum absolute atomic E-state index is 1.11. The van der Waals surface area contributed by atoms with Crippen LogP contribution in [0.5, 0.6) is 0 Å². The smallest absolute Gasteiger partial charge is 0.0555 e. The van der Waals surface area contributed by atoms with Gasteiger partial charge in [0.2, 0.25) is 0 Å². The second kappa shape index (κ2) is 2.31. The van der Waals surface area contributed by atoms with Gasteiger partial charge in [-0.3, -0.25) is 4.98 Å². The van der Waals surface area contributed by atoms with Crippen molar-refractivity contribution in [2.24, 2.45) is 0 Å². The molecular weight excluding hydrogens is 154 g/mol. The third kappa shape index (κ3) is 1.03. The Hall–Kier alpha value is -0.890. The molecule has 56 valence electrons. The van der Waals surface area contributed by atoms with Gasteiger partial charge in [-0.25, -0.2) is 0 Å². The molecule has 0 aliphatic heterocycles. The van der Waals surface area contributed by atoms with Crippen molar-refractivity contribution in [1.82, 2.24) is 4.98 Å². The Kier molecular flexibility index (Phi) is 1.43. The van der Waals surface area contributed by atoms with E-state index in [2.05, 4.69) is 29.4 Å². The summed E-state index contributed by atoms with van der Waals surface area (Å²) in [4.78, 5) is 4.38. The first-order valence-electron chi connectivity index (χ1n) is 3.59. The minimum Gasteiger partial charge on any atom is -0.257 e. The van der Waals surface area contributed by atoms with E-state index >= 15 is 0 Å². The number of hydrogen-bond acceptors (Lipinski definition) is 2. The number of nitrogens with zero attached hydrogens (tertiary/aromatic N) is 1. The normalized spacial score (nSPS) is 10.7. The van der Waals surface area contributed by atoms with Crippen molar-refractivity contribution in [2.45, 2.75) is 13.8 Å². The standard InChI is InChI=1S/C9H9NS/c1-6-5-8-3-4-11-9(8)7(2)10-6/h3-5H,1-2H3. The summed E-state index contributed by atoms with van der Waals surface area (Å²) in [6.07, 6.45) is 0. The summed E-state index contributed by atoms with van der Waals surface area (Å²) in [7, 11) is 0. The van der Waals surface area contributed by atoms with Gasteiger partial charge in [-0.2, -0.15) is 0 Å². The molecule has 2 aromatic heterocycles. The van der Waals surface area contributed by atoms with E-state index in [-0.39, 0.29) is 0 Å². The number of rotatable bonds is 0. The summed E-state index contributed by atoms with van der Waals surface area (Å²) in [6, 6.07) is 4.26. The molecule has 1 nitrogen and oxygen atoms in total. The Morgan fingerprint density at radius 2 is 2.18 bits per heavy atom. The summed E-state index contributed by atoms with van der Waals surface area (Å²) in [5.74, 6) is 0. The van der Waals surface area contributed by atoms with Crippen LogP contribution in [0, 0.1) is 13.8 Å². The van der Waals surface area contributed by atoms with Gasteiger partial charge >= 0.3 is 0 Å². The largest absolute Gasteiger partial charge is 0.257 e. The van der Waals surface area contributed by atoms with E-state index in [1.54, 1.807) is 11.3 Å². The lowest BCUT2D eigenvalue weighted by Crippen LogP contribution is -1.83. The highest BCUT2D eigenvalue weighted by Gasteiger charge is 1.99. The highest BCUT2D eigenvalue weighted by molar-refractivity contribution is 7.17. The van der Waals surface area contributed by atoms with E-state index in [0.717, 1.165) is 11.4 Å². The molecule has 0 unspecified atom stereocenters. The van der Waals surface area contributed by atoms with Crippen LogP contribution in [0.3, 0.4) is 0 Å². The van der Waals surface area contributed by atoms with Gasteiger partial charge in [-0.05, 0) is 36.7 Å². The van der Waals surface area contributed by atoms with Gasteiger partial charge in [0.1, 0.15) is 0 Å². The molecule has 0 spiro atoms. The van der Waals surface area contributed by atoms with E-state index < -0.39 is 0 Å². The van der Waals surface area contributed by atoms with Gasteiger partial charge in [0.25, 0.3) is 0 Å². The molecule has 0 atom stereocenters. The Morgan fingerprint density at radius 1 is 1.36 bits per heavy atom. The number of aryl methyl sites for hydroxylation is 2. The van der Waals surface area contributed by atoms with Crippen LogP contribution in [0.1, 0.15) is 11.4 Å². The molecule has 2 heterocycles. The van der Waals surface area contributed by atoms with Gasteiger partial charge in [0, 0.05) is 5.69 Å². The maximum atomic E-state index is 4.38. The summed E-state index contributed by atoms with van der Waals surface area (Å²) < 4.78 is 1.32. The summed E-state index contributed by atoms with van der Waals surface area (Å²) in [5.41, 5.74) is 2.25. The fraction of sp³-hybridized carbons (Fsp3) is 0.222. The lowest BCUT2D eigenvalue weighted by atomic mass is 10.2. The lowest BCUT2D eigenvalue weighted by Gasteiger charge is -1.96. The Balaban J connectivity index is 2.91. The molecule has 0 bridgehead atoms. The molecule has 2 heteroatoms. The van der Waals surface area contributed by atoms with Crippen LogP contribution in [-0.4, -0.2) is 4.98 Å². The number of fused-ring (bicyclic) bond motifs is 1. The van der Waals surface area contributed by atoms with Gasteiger partial charge in [0.15, 0.2) is 0 Å². The predicted octanol–water partition coefficient (Wildman–Crippen LogP) is 2.91. The lowest BCUT2D eigenvalue weighted by molar-refractivity contribution is 1.16. The fourth-order valence-electron chi connectivity index (χ4n) is 1.30. The van der Waals surface area contributed by atoms with Crippen molar-refractivity contribution < 1.29 is 0 Å². The van der Waals surface area contributed by atoms with Crippen molar-refractivity contribution in [3.05, 3.63) is 28.9 Å². The second-order valence-corrected chi connectivity index (χ2v) is 3.60. The van der Waals surface area contributed by atoms with Crippen molar-refractivity contribution in [3.63, 3.8) is 0 Å². The zero-order chi connectivity index (χ0) is 7.84. The van der Waals surface area contributed by atoms with Gasteiger partial charge in [0.05, 0.1) is 10.4 Å². The third-order valence-corrected chi connectivity index (χ3v) is 2.77. The fourth-order valence-corrected chi connectivity index (χ4v) is 2.13. The van der Waals surface area contributed by atoms with E-state index in [4.69, 9.17) is 0 Å². The third-order valence-electron chi connectivity index (χ3n) is 1.73. The molecule has 0 fully saturated rings. The molecule has 11 heavy (non-hydrogen) atoms. The molecule has 2 rings (SSSR count). The van der Waals surface area contributed by atoms with Crippen LogP contribution in [0.4, 0.5) is 0 Å². The van der Waals surface area contributed by atoms with Gasteiger partial charge in [-0.1, -0.05) is 0 Å².